The Bertz CT molecular complexity index is 620. The van der Waals surface area contributed by atoms with E-state index in [0.717, 1.165) is 20.6 Å². The van der Waals surface area contributed by atoms with Crippen LogP contribution in [0, 0.1) is 14.9 Å². The van der Waals surface area contributed by atoms with Crippen molar-refractivity contribution in [3.63, 3.8) is 0 Å². The lowest BCUT2D eigenvalue weighted by Crippen LogP contribution is -1.99. The van der Waals surface area contributed by atoms with Gasteiger partial charge in [0.25, 0.3) is 0 Å². The maximum absolute atomic E-state index is 8.91. The van der Waals surface area contributed by atoms with Gasteiger partial charge in [0.05, 0.1) is 18.7 Å². The molecule has 2 aromatic carbocycles. The van der Waals surface area contributed by atoms with Crippen molar-refractivity contribution < 1.29 is 9.47 Å². The molecule has 2 aromatic rings. The van der Waals surface area contributed by atoms with E-state index < -0.39 is 0 Å². The van der Waals surface area contributed by atoms with Crippen molar-refractivity contribution in [3.05, 3.63) is 57.2 Å². The van der Waals surface area contributed by atoms with Crippen LogP contribution in [0.2, 0.25) is 0 Å². The quantitative estimate of drug-likeness (QED) is 0.775. The molecule has 0 aliphatic carbocycles. The van der Waals surface area contributed by atoms with Crippen molar-refractivity contribution in [2.24, 2.45) is 0 Å². The molecule has 19 heavy (non-hydrogen) atoms. The second kappa shape index (κ2) is 6.43. The molecule has 0 bridgehead atoms. The first kappa shape index (κ1) is 13.7. The largest absolute Gasteiger partial charge is 0.496 e. The molecule has 0 spiro atoms. The van der Waals surface area contributed by atoms with E-state index in [1.807, 2.05) is 24.3 Å². The van der Waals surface area contributed by atoms with E-state index in [1.54, 1.807) is 25.3 Å². The van der Waals surface area contributed by atoms with E-state index in [4.69, 9.17) is 14.7 Å². The predicted octanol–water partition coefficient (Wildman–Crippen LogP) is 3.75. The number of benzene rings is 2. The molecule has 3 nitrogen and oxygen atoms in total. The molecule has 4 heteroatoms. The van der Waals surface area contributed by atoms with Crippen LogP contribution in [0.5, 0.6) is 11.5 Å². The average molecular weight is 365 g/mol. The van der Waals surface area contributed by atoms with Crippen LogP contribution in [0.3, 0.4) is 0 Å². The minimum atomic E-state index is 0.374. The molecular formula is C15H12INO2. The number of nitrogens with zero attached hydrogens (tertiary/aromatic N) is 1. The molecule has 0 saturated heterocycles. The van der Waals surface area contributed by atoms with Gasteiger partial charge in [-0.05, 0) is 59.0 Å². The maximum Gasteiger partial charge on any atom is 0.125 e. The summed E-state index contributed by atoms with van der Waals surface area (Å²) >= 11 is 2.24. The third-order valence-electron chi connectivity index (χ3n) is 2.60. The minimum Gasteiger partial charge on any atom is -0.496 e. The summed E-state index contributed by atoms with van der Waals surface area (Å²) in [6, 6.07) is 15.2. The summed E-state index contributed by atoms with van der Waals surface area (Å²) < 4.78 is 12.1. The van der Waals surface area contributed by atoms with Crippen LogP contribution in [0.25, 0.3) is 0 Å². The van der Waals surface area contributed by atoms with E-state index in [2.05, 4.69) is 28.7 Å². The molecule has 0 heterocycles. The van der Waals surface area contributed by atoms with Crippen molar-refractivity contribution in [2.45, 2.75) is 6.61 Å². The molecular weight excluding hydrogens is 353 g/mol. The Morgan fingerprint density at radius 1 is 1.21 bits per heavy atom. The highest BCUT2D eigenvalue weighted by atomic mass is 127. The monoisotopic (exact) mass is 365 g/mol. The van der Waals surface area contributed by atoms with Crippen LogP contribution in [-0.4, -0.2) is 7.11 Å². The Labute approximate surface area is 125 Å². The van der Waals surface area contributed by atoms with Crippen molar-refractivity contribution >= 4 is 22.6 Å². The van der Waals surface area contributed by atoms with E-state index in [9.17, 15) is 0 Å². The van der Waals surface area contributed by atoms with Crippen LogP contribution in [0.1, 0.15) is 11.1 Å². The standard InChI is InChI=1S/C15H12INO2/c1-18-15-6-5-11(9-17)7-12(15)10-19-14-4-2-3-13(16)8-14/h2-8H,10H2,1H3. The fourth-order valence-electron chi connectivity index (χ4n) is 1.68. The first-order valence-electron chi connectivity index (χ1n) is 5.68. The Hall–Kier alpha value is -1.74. The van der Waals surface area contributed by atoms with Crippen molar-refractivity contribution in [2.75, 3.05) is 7.11 Å². The van der Waals surface area contributed by atoms with Gasteiger partial charge in [-0.25, -0.2) is 0 Å². The smallest absolute Gasteiger partial charge is 0.125 e. The molecule has 0 radical (unpaired) electrons. The summed E-state index contributed by atoms with van der Waals surface area (Å²) in [6.07, 6.45) is 0. The lowest BCUT2D eigenvalue weighted by atomic mass is 10.1. The van der Waals surface area contributed by atoms with Gasteiger partial charge in [-0.2, -0.15) is 5.26 Å². The summed E-state index contributed by atoms with van der Waals surface area (Å²) in [6.45, 7) is 0.374. The lowest BCUT2D eigenvalue weighted by Gasteiger charge is -2.10. The van der Waals surface area contributed by atoms with Gasteiger partial charge in [0, 0.05) is 9.13 Å². The number of methoxy groups -OCH3 is 1. The highest BCUT2D eigenvalue weighted by molar-refractivity contribution is 14.1. The van der Waals surface area contributed by atoms with Crippen molar-refractivity contribution in [3.8, 4) is 17.6 Å². The molecule has 0 aromatic heterocycles. The molecule has 0 amide bonds. The molecule has 0 unspecified atom stereocenters. The summed E-state index contributed by atoms with van der Waals surface area (Å²) in [7, 11) is 1.61. The van der Waals surface area contributed by atoms with Gasteiger partial charge in [0.15, 0.2) is 0 Å². The highest BCUT2D eigenvalue weighted by Gasteiger charge is 2.05. The van der Waals surface area contributed by atoms with Gasteiger partial charge in [0.1, 0.15) is 18.1 Å². The third kappa shape index (κ3) is 3.61. The maximum atomic E-state index is 8.91. The minimum absolute atomic E-state index is 0.374. The molecule has 0 aliphatic heterocycles. The zero-order chi connectivity index (χ0) is 13.7. The van der Waals surface area contributed by atoms with Gasteiger partial charge in [0.2, 0.25) is 0 Å². The lowest BCUT2D eigenvalue weighted by molar-refractivity contribution is 0.296. The van der Waals surface area contributed by atoms with Crippen LogP contribution in [0.15, 0.2) is 42.5 Å². The zero-order valence-corrected chi connectivity index (χ0v) is 12.5. The molecule has 0 aliphatic rings. The molecule has 0 atom stereocenters. The summed E-state index contributed by atoms with van der Waals surface area (Å²) in [5, 5.41) is 8.91. The van der Waals surface area contributed by atoms with Crippen molar-refractivity contribution in [1.29, 1.82) is 5.26 Å². The van der Waals surface area contributed by atoms with E-state index in [-0.39, 0.29) is 0 Å². The van der Waals surface area contributed by atoms with Crippen LogP contribution in [0.4, 0.5) is 0 Å². The van der Waals surface area contributed by atoms with Crippen LogP contribution < -0.4 is 9.47 Å². The number of hydrogen-bond acceptors (Lipinski definition) is 3. The SMILES string of the molecule is COc1ccc(C#N)cc1COc1cccc(I)c1. The Morgan fingerprint density at radius 3 is 2.74 bits per heavy atom. The fraction of sp³-hybridized carbons (Fsp3) is 0.133. The van der Waals surface area contributed by atoms with Gasteiger partial charge < -0.3 is 9.47 Å². The summed E-state index contributed by atoms with van der Waals surface area (Å²) in [5.74, 6) is 1.53. The zero-order valence-electron chi connectivity index (χ0n) is 10.4. The fourth-order valence-corrected chi connectivity index (χ4v) is 2.19. The number of rotatable bonds is 4. The Kier molecular flexibility index (Phi) is 4.63. The Balaban J connectivity index is 2.16. The van der Waals surface area contributed by atoms with Gasteiger partial charge >= 0.3 is 0 Å². The number of ether oxygens (including phenoxy) is 2. The molecule has 0 fully saturated rings. The average Bonchev–Trinajstić information content (AvgIpc) is 2.45. The first-order valence-corrected chi connectivity index (χ1v) is 6.76. The highest BCUT2D eigenvalue weighted by Crippen LogP contribution is 2.22. The number of hydrogen-bond donors (Lipinski definition) is 0. The third-order valence-corrected chi connectivity index (χ3v) is 3.27. The van der Waals surface area contributed by atoms with E-state index in [1.165, 1.54) is 0 Å². The number of nitriles is 1. The second-order valence-corrected chi connectivity index (χ2v) is 5.13. The van der Waals surface area contributed by atoms with E-state index in [0.29, 0.717) is 12.2 Å². The molecule has 0 N–H and O–H groups in total. The molecule has 96 valence electrons. The molecule has 2 rings (SSSR count). The second-order valence-electron chi connectivity index (χ2n) is 3.88. The van der Waals surface area contributed by atoms with Crippen LogP contribution >= 0.6 is 22.6 Å². The topological polar surface area (TPSA) is 42.2 Å². The van der Waals surface area contributed by atoms with Gasteiger partial charge in [-0.1, -0.05) is 6.07 Å². The Morgan fingerprint density at radius 2 is 2.05 bits per heavy atom. The summed E-state index contributed by atoms with van der Waals surface area (Å²) in [5.41, 5.74) is 1.46. The predicted molar refractivity (Wildman–Crippen MR) is 81.2 cm³/mol. The molecule has 0 saturated carbocycles. The van der Waals surface area contributed by atoms with Gasteiger partial charge in [-0.3, -0.25) is 0 Å². The van der Waals surface area contributed by atoms with Gasteiger partial charge in [-0.15, -0.1) is 0 Å². The summed E-state index contributed by atoms with van der Waals surface area (Å²) in [4.78, 5) is 0. The van der Waals surface area contributed by atoms with E-state index >= 15 is 0 Å². The first-order chi connectivity index (χ1) is 9.22. The van der Waals surface area contributed by atoms with Crippen molar-refractivity contribution in [1.82, 2.24) is 0 Å². The normalized spacial score (nSPS) is 9.74. The number of halogens is 1. The van der Waals surface area contributed by atoms with Crippen LogP contribution in [-0.2, 0) is 6.61 Å².